The third kappa shape index (κ3) is 5.06. The number of nitrogens with zero attached hydrogens (tertiary/aromatic N) is 1. The lowest BCUT2D eigenvalue weighted by Crippen LogP contribution is -2.35. The Morgan fingerprint density at radius 3 is 2.31 bits per heavy atom. The van der Waals surface area contributed by atoms with Crippen LogP contribution < -0.4 is 5.32 Å². The van der Waals surface area contributed by atoms with Crippen LogP contribution in [0.4, 0.5) is 5.69 Å². The topological polar surface area (TPSA) is 66.5 Å². The Balaban J connectivity index is 1.70. The van der Waals surface area contributed by atoms with Crippen LogP contribution in [0.3, 0.4) is 0 Å². The number of hydrogen-bond acceptors (Lipinski definition) is 3. The lowest BCUT2D eigenvalue weighted by atomic mass is 9.98. The molecule has 0 spiro atoms. The smallest absolute Gasteiger partial charge is 0.243 e. The fraction of sp³-hybridized carbons (Fsp3) is 0.435. The third-order valence-electron chi connectivity index (χ3n) is 5.43. The highest BCUT2D eigenvalue weighted by molar-refractivity contribution is 7.89. The molecule has 1 saturated heterocycles. The summed E-state index contributed by atoms with van der Waals surface area (Å²) in [5.74, 6) is 0.206. The van der Waals surface area contributed by atoms with Gasteiger partial charge in [-0.05, 0) is 54.5 Å². The number of amides is 1. The molecule has 0 bridgehead atoms. The van der Waals surface area contributed by atoms with E-state index in [-0.39, 0.29) is 12.3 Å². The molecule has 0 saturated carbocycles. The molecule has 1 fully saturated rings. The van der Waals surface area contributed by atoms with Crippen LogP contribution in [0.15, 0.2) is 47.4 Å². The molecule has 6 heteroatoms. The van der Waals surface area contributed by atoms with Crippen LogP contribution in [0, 0.1) is 6.92 Å². The number of carbonyl (C=O) groups excluding carboxylic acids is 1. The van der Waals surface area contributed by atoms with Crippen molar-refractivity contribution in [1.82, 2.24) is 4.31 Å². The number of nitrogens with one attached hydrogen (secondary N) is 1. The predicted molar refractivity (Wildman–Crippen MR) is 117 cm³/mol. The molecule has 2 aromatic carbocycles. The molecule has 0 aromatic heterocycles. The minimum Gasteiger partial charge on any atom is -0.325 e. The Hall–Kier alpha value is -2.18. The van der Waals surface area contributed by atoms with Crippen molar-refractivity contribution >= 4 is 21.6 Å². The van der Waals surface area contributed by atoms with E-state index in [0.717, 1.165) is 41.6 Å². The number of piperidine rings is 1. The minimum absolute atomic E-state index is 0.104. The van der Waals surface area contributed by atoms with Crippen LogP contribution in [0.25, 0.3) is 0 Å². The molecule has 1 heterocycles. The van der Waals surface area contributed by atoms with Crippen LogP contribution in [0.1, 0.15) is 55.7 Å². The SMILES string of the molecule is Cc1cccc(C(C)C)c1NC(=O)Cc1ccc(S(=O)(=O)N2CCCCC2)cc1. The zero-order valence-electron chi connectivity index (χ0n) is 17.4. The van der Waals surface area contributed by atoms with E-state index in [2.05, 4.69) is 19.2 Å². The molecule has 1 N–H and O–H groups in total. The Morgan fingerprint density at radius 2 is 1.69 bits per heavy atom. The number of rotatable bonds is 6. The van der Waals surface area contributed by atoms with Gasteiger partial charge in [-0.25, -0.2) is 8.42 Å². The van der Waals surface area contributed by atoms with Crippen molar-refractivity contribution in [1.29, 1.82) is 0 Å². The van der Waals surface area contributed by atoms with E-state index in [0.29, 0.717) is 23.9 Å². The first-order chi connectivity index (χ1) is 13.8. The second kappa shape index (κ2) is 9.09. The van der Waals surface area contributed by atoms with Crippen LogP contribution in [0.5, 0.6) is 0 Å². The van der Waals surface area contributed by atoms with Crippen molar-refractivity contribution in [2.24, 2.45) is 0 Å². The summed E-state index contributed by atoms with van der Waals surface area (Å²) >= 11 is 0. The van der Waals surface area contributed by atoms with E-state index in [4.69, 9.17) is 0 Å². The minimum atomic E-state index is -3.44. The zero-order valence-corrected chi connectivity index (χ0v) is 18.3. The molecule has 2 aromatic rings. The van der Waals surface area contributed by atoms with Gasteiger partial charge in [0.2, 0.25) is 15.9 Å². The van der Waals surface area contributed by atoms with Gasteiger partial charge in [-0.3, -0.25) is 4.79 Å². The third-order valence-corrected chi connectivity index (χ3v) is 7.35. The summed E-state index contributed by atoms with van der Waals surface area (Å²) < 4.78 is 27.1. The van der Waals surface area contributed by atoms with Gasteiger partial charge in [0.05, 0.1) is 11.3 Å². The van der Waals surface area contributed by atoms with Crippen molar-refractivity contribution < 1.29 is 13.2 Å². The number of para-hydroxylation sites is 1. The molecule has 0 unspecified atom stereocenters. The summed E-state index contributed by atoms with van der Waals surface area (Å²) in [6.45, 7) is 7.36. The molecular formula is C23H30N2O3S. The zero-order chi connectivity index (χ0) is 21.0. The summed E-state index contributed by atoms with van der Waals surface area (Å²) in [4.78, 5) is 12.9. The molecule has 0 radical (unpaired) electrons. The maximum atomic E-state index is 12.7. The molecule has 29 heavy (non-hydrogen) atoms. The average Bonchev–Trinajstić information content (AvgIpc) is 2.70. The van der Waals surface area contributed by atoms with Crippen molar-refractivity contribution in [3.05, 3.63) is 59.2 Å². The Labute approximate surface area is 174 Å². The highest BCUT2D eigenvalue weighted by Crippen LogP contribution is 2.27. The Bertz CT molecular complexity index is 960. The maximum Gasteiger partial charge on any atom is 0.243 e. The summed E-state index contributed by atoms with van der Waals surface area (Å²) in [6, 6.07) is 12.7. The first kappa shape index (κ1) is 21.5. The molecular weight excluding hydrogens is 384 g/mol. The number of benzene rings is 2. The van der Waals surface area contributed by atoms with E-state index in [1.165, 1.54) is 0 Å². The van der Waals surface area contributed by atoms with Gasteiger partial charge in [0, 0.05) is 18.8 Å². The summed E-state index contributed by atoms with van der Waals surface area (Å²) in [6.07, 6.45) is 3.11. The van der Waals surface area contributed by atoms with Gasteiger partial charge in [-0.2, -0.15) is 4.31 Å². The molecule has 156 valence electrons. The number of hydrogen-bond donors (Lipinski definition) is 1. The monoisotopic (exact) mass is 414 g/mol. The van der Waals surface area contributed by atoms with Crippen LogP contribution in [-0.4, -0.2) is 31.7 Å². The summed E-state index contributed by atoms with van der Waals surface area (Å²) in [5, 5.41) is 3.04. The molecule has 1 aliphatic rings. The van der Waals surface area contributed by atoms with Crippen molar-refractivity contribution in [3.8, 4) is 0 Å². The first-order valence-corrected chi connectivity index (χ1v) is 11.7. The van der Waals surface area contributed by atoms with Crippen LogP contribution in [0.2, 0.25) is 0 Å². The number of sulfonamides is 1. The van der Waals surface area contributed by atoms with Gasteiger partial charge >= 0.3 is 0 Å². The lowest BCUT2D eigenvalue weighted by molar-refractivity contribution is -0.115. The summed E-state index contributed by atoms with van der Waals surface area (Å²) in [7, 11) is -3.44. The van der Waals surface area contributed by atoms with E-state index < -0.39 is 10.0 Å². The van der Waals surface area contributed by atoms with Gasteiger partial charge in [-0.15, -0.1) is 0 Å². The van der Waals surface area contributed by atoms with Crippen LogP contribution in [-0.2, 0) is 21.2 Å². The predicted octanol–water partition coefficient (Wildman–Crippen LogP) is 4.47. The number of carbonyl (C=O) groups is 1. The average molecular weight is 415 g/mol. The molecule has 1 amide bonds. The van der Waals surface area contributed by atoms with Gasteiger partial charge < -0.3 is 5.32 Å². The Morgan fingerprint density at radius 1 is 1.03 bits per heavy atom. The second-order valence-corrected chi connectivity index (χ2v) is 9.97. The summed E-state index contributed by atoms with van der Waals surface area (Å²) in [5.41, 5.74) is 3.81. The Kier molecular flexibility index (Phi) is 6.75. The van der Waals surface area contributed by atoms with E-state index in [1.807, 2.05) is 25.1 Å². The standard InChI is InChI=1S/C23H30N2O3S/c1-17(2)21-9-7-8-18(3)23(21)24-22(26)16-19-10-12-20(13-11-19)29(27,28)25-14-5-4-6-15-25/h7-13,17H,4-6,14-16H2,1-3H3,(H,24,26). The van der Waals surface area contributed by atoms with E-state index in [9.17, 15) is 13.2 Å². The van der Waals surface area contributed by atoms with Gasteiger partial charge in [-0.1, -0.05) is 50.6 Å². The van der Waals surface area contributed by atoms with E-state index >= 15 is 0 Å². The molecule has 0 aliphatic carbocycles. The number of aryl methyl sites for hydroxylation is 1. The van der Waals surface area contributed by atoms with Gasteiger partial charge in [0.25, 0.3) is 0 Å². The maximum absolute atomic E-state index is 12.7. The quantitative estimate of drug-likeness (QED) is 0.758. The van der Waals surface area contributed by atoms with Gasteiger partial charge in [0.1, 0.15) is 0 Å². The second-order valence-electron chi connectivity index (χ2n) is 8.03. The molecule has 0 atom stereocenters. The normalized spacial score (nSPS) is 15.4. The van der Waals surface area contributed by atoms with Crippen LogP contribution >= 0.6 is 0 Å². The van der Waals surface area contributed by atoms with Crippen molar-refractivity contribution in [3.63, 3.8) is 0 Å². The van der Waals surface area contributed by atoms with Crippen molar-refractivity contribution in [2.75, 3.05) is 18.4 Å². The largest absolute Gasteiger partial charge is 0.325 e. The van der Waals surface area contributed by atoms with Gasteiger partial charge in [0.15, 0.2) is 0 Å². The van der Waals surface area contributed by atoms with E-state index in [1.54, 1.807) is 28.6 Å². The first-order valence-electron chi connectivity index (χ1n) is 10.3. The number of anilines is 1. The highest BCUT2D eigenvalue weighted by atomic mass is 32.2. The molecule has 1 aliphatic heterocycles. The highest BCUT2D eigenvalue weighted by Gasteiger charge is 2.25. The fourth-order valence-electron chi connectivity index (χ4n) is 3.74. The fourth-order valence-corrected chi connectivity index (χ4v) is 5.26. The molecule has 5 nitrogen and oxygen atoms in total. The molecule has 3 rings (SSSR count). The van der Waals surface area contributed by atoms with Crippen molar-refractivity contribution in [2.45, 2.75) is 57.3 Å². The lowest BCUT2D eigenvalue weighted by Gasteiger charge is -2.25.